The lowest BCUT2D eigenvalue weighted by atomic mass is 10.4. The number of rotatable bonds is 4. The highest BCUT2D eigenvalue weighted by molar-refractivity contribution is 5.69. The Labute approximate surface area is 60.1 Å². The highest BCUT2D eigenvalue weighted by atomic mass is 16.4. The zero-order chi connectivity index (χ0) is 7.98. The third-order valence-corrected chi connectivity index (χ3v) is 0.835. The molecule has 0 aromatic rings. The van der Waals surface area contributed by atoms with E-state index in [9.17, 15) is 4.79 Å². The second kappa shape index (κ2) is 4.61. The van der Waals surface area contributed by atoms with Crippen LogP contribution >= 0.6 is 0 Å². The molecule has 10 heavy (non-hydrogen) atoms. The molecule has 0 atom stereocenters. The molecule has 3 nitrogen and oxygen atoms in total. The van der Waals surface area contributed by atoms with Crippen molar-refractivity contribution in [3.8, 4) is 0 Å². The van der Waals surface area contributed by atoms with Gasteiger partial charge in [-0.3, -0.25) is 4.79 Å². The summed E-state index contributed by atoms with van der Waals surface area (Å²) in [4.78, 5) is 9.98. The van der Waals surface area contributed by atoms with Crippen LogP contribution in [-0.2, 0) is 4.79 Å². The van der Waals surface area contributed by atoms with Crippen LogP contribution in [0, 0.1) is 0 Å². The number of nitrogens with one attached hydrogen (secondary N) is 1. The van der Waals surface area contributed by atoms with E-state index in [-0.39, 0.29) is 6.54 Å². The molecule has 0 unspecified atom stereocenters. The summed E-state index contributed by atoms with van der Waals surface area (Å²) in [5, 5.41) is 10.8. The van der Waals surface area contributed by atoms with Crippen LogP contribution in [0.5, 0.6) is 0 Å². The number of hydrogen-bond donors (Lipinski definition) is 2. The standard InChI is InChI=1S/C7H11NO2/c1-3-4-6(2)8-5-7(9)10/h3-4,8H,2,5H2,1H3,(H,9,10)/b4-3-. The molecular weight excluding hydrogens is 130 g/mol. The van der Waals surface area contributed by atoms with Crippen molar-refractivity contribution in [1.82, 2.24) is 5.32 Å². The van der Waals surface area contributed by atoms with E-state index in [1.807, 2.05) is 6.92 Å². The molecule has 3 heteroatoms. The highest BCUT2D eigenvalue weighted by Gasteiger charge is 1.92. The van der Waals surface area contributed by atoms with E-state index in [0.29, 0.717) is 5.70 Å². The lowest BCUT2D eigenvalue weighted by Crippen LogP contribution is -2.20. The number of carboxylic acid groups (broad SMARTS) is 1. The molecule has 0 bridgehead atoms. The van der Waals surface area contributed by atoms with Crippen molar-refractivity contribution in [2.45, 2.75) is 6.92 Å². The van der Waals surface area contributed by atoms with Gasteiger partial charge in [0.2, 0.25) is 0 Å². The van der Waals surface area contributed by atoms with Gasteiger partial charge in [0, 0.05) is 5.70 Å². The number of aliphatic carboxylic acids is 1. The number of carboxylic acids is 1. The van der Waals surface area contributed by atoms with E-state index < -0.39 is 5.97 Å². The summed E-state index contributed by atoms with van der Waals surface area (Å²) < 4.78 is 0. The molecule has 0 aliphatic heterocycles. The zero-order valence-corrected chi connectivity index (χ0v) is 5.92. The van der Waals surface area contributed by atoms with Crippen molar-refractivity contribution in [1.29, 1.82) is 0 Å². The molecule has 0 heterocycles. The first-order chi connectivity index (χ1) is 4.66. The van der Waals surface area contributed by atoms with Gasteiger partial charge in [-0.15, -0.1) is 0 Å². The predicted molar refractivity (Wildman–Crippen MR) is 39.6 cm³/mol. The molecule has 0 rings (SSSR count). The topological polar surface area (TPSA) is 49.3 Å². The summed E-state index contributed by atoms with van der Waals surface area (Å²) in [5.41, 5.74) is 0.616. The summed E-state index contributed by atoms with van der Waals surface area (Å²) in [6.07, 6.45) is 3.50. The Hall–Kier alpha value is -1.25. The van der Waals surface area contributed by atoms with Gasteiger partial charge in [0.15, 0.2) is 0 Å². The maximum absolute atomic E-state index is 9.98. The monoisotopic (exact) mass is 141 g/mol. The van der Waals surface area contributed by atoms with Crippen LogP contribution in [0.1, 0.15) is 6.92 Å². The molecule has 0 aromatic heterocycles. The van der Waals surface area contributed by atoms with Gasteiger partial charge in [-0.25, -0.2) is 0 Å². The molecule has 0 saturated carbocycles. The van der Waals surface area contributed by atoms with E-state index in [1.54, 1.807) is 12.2 Å². The Bertz CT molecular complexity index is 161. The van der Waals surface area contributed by atoms with Crippen LogP contribution in [-0.4, -0.2) is 17.6 Å². The average molecular weight is 141 g/mol. The van der Waals surface area contributed by atoms with Crippen molar-refractivity contribution in [2.75, 3.05) is 6.54 Å². The first kappa shape index (κ1) is 8.75. The van der Waals surface area contributed by atoms with E-state index in [1.165, 1.54) is 0 Å². The van der Waals surface area contributed by atoms with Crippen LogP contribution in [0.15, 0.2) is 24.4 Å². The molecule has 2 N–H and O–H groups in total. The number of allylic oxidation sites excluding steroid dienone is 2. The molecule has 0 aliphatic carbocycles. The molecule has 0 radical (unpaired) electrons. The average Bonchev–Trinajstić information content (AvgIpc) is 1.85. The van der Waals surface area contributed by atoms with Crippen LogP contribution in [0.4, 0.5) is 0 Å². The largest absolute Gasteiger partial charge is 0.480 e. The molecule has 0 aliphatic rings. The van der Waals surface area contributed by atoms with Gasteiger partial charge in [-0.05, 0) is 13.0 Å². The van der Waals surface area contributed by atoms with E-state index >= 15 is 0 Å². The maximum atomic E-state index is 9.98. The van der Waals surface area contributed by atoms with Crippen molar-refractivity contribution in [3.05, 3.63) is 24.4 Å². The van der Waals surface area contributed by atoms with Gasteiger partial charge in [0.1, 0.15) is 6.54 Å². The van der Waals surface area contributed by atoms with Crippen molar-refractivity contribution in [3.63, 3.8) is 0 Å². The predicted octanol–water partition coefficient (Wildman–Crippen LogP) is 0.750. The highest BCUT2D eigenvalue weighted by Crippen LogP contribution is 1.84. The fourth-order valence-electron chi connectivity index (χ4n) is 0.449. The first-order valence-electron chi connectivity index (χ1n) is 2.94. The molecule has 56 valence electrons. The minimum Gasteiger partial charge on any atom is -0.480 e. The van der Waals surface area contributed by atoms with Crippen LogP contribution in [0.25, 0.3) is 0 Å². The van der Waals surface area contributed by atoms with Gasteiger partial charge >= 0.3 is 5.97 Å². The third-order valence-electron chi connectivity index (χ3n) is 0.835. The van der Waals surface area contributed by atoms with E-state index in [2.05, 4.69) is 11.9 Å². The lowest BCUT2D eigenvalue weighted by molar-refractivity contribution is -0.135. The van der Waals surface area contributed by atoms with Crippen molar-refractivity contribution >= 4 is 5.97 Å². The SMILES string of the molecule is C=C(/C=C\C)NCC(=O)O. The van der Waals surface area contributed by atoms with Gasteiger partial charge in [0.05, 0.1) is 0 Å². The van der Waals surface area contributed by atoms with E-state index in [4.69, 9.17) is 5.11 Å². The Balaban J connectivity index is 3.50. The smallest absolute Gasteiger partial charge is 0.322 e. The minimum absolute atomic E-state index is 0.0802. The third kappa shape index (κ3) is 4.90. The number of hydrogen-bond acceptors (Lipinski definition) is 2. The Morgan fingerprint density at radius 2 is 2.40 bits per heavy atom. The Morgan fingerprint density at radius 1 is 1.80 bits per heavy atom. The second-order valence-corrected chi connectivity index (χ2v) is 1.77. The maximum Gasteiger partial charge on any atom is 0.322 e. The van der Waals surface area contributed by atoms with E-state index in [0.717, 1.165) is 0 Å². The van der Waals surface area contributed by atoms with Crippen molar-refractivity contribution < 1.29 is 9.90 Å². The van der Waals surface area contributed by atoms with Gasteiger partial charge in [0.25, 0.3) is 0 Å². The normalized spacial score (nSPS) is 9.70. The molecular formula is C7H11NO2. The summed E-state index contributed by atoms with van der Waals surface area (Å²) >= 11 is 0. The molecule has 0 fully saturated rings. The van der Waals surface area contributed by atoms with Gasteiger partial charge in [-0.1, -0.05) is 12.7 Å². The number of carbonyl (C=O) groups is 1. The summed E-state index contributed by atoms with van der Waals surface area (Å²) in [7, 11) is 0. The molecule has 0 aromatic carbocycles. The molecule has 0 saturated heterocycles. The Morgan fingerprint density at radius 3 is 2.80 bits per heavy atom. The van der Waals surface area contributed by atoms with Crippen molar-refractivity contribution in [2.24, 2.45) is 0 Å². The Kier molecular flexibility index (Phi) is 4.04. The molecule has 0 spiro atoms. The fourth-order valence-corrected chi connectivity index (χ4v) is 0.449. The summed E-state index contributed by atoms with van der Waals surface area (Å²) in [5.74, 6) is -0.884. The fraction of sp³-hybridized carbons (Fsp3) is 0.286. The van der Waals surface area contributed by atoms with Crippen LogP contribution in [0.3, 0.4) is 0 Å². The lowest BCUT2D eigenvalue weighted by Gasteiger charge is -1.99. The van der Waals surface area contributed by atoms with Crippen LogP contribution < -0.4 is 5.32 Å². The summed E-state index contributed by atoms with van der Waals surface area (Å²) in [6.45, 7) is 5.32. The van der Waals surface area contributed by atoms with Gasteiger partial charge < -0.3 is 10.4 Å². The quantitative estimate of drug-likeness (QED) is 0.568. The van der Waals surface area contributed by atoms with Gasteiger partial charge in [-0.2, -0.15) is 0 Å². The second-order valence-electron chi connectivity index (χ2n) is 1.77. The minimum atomic E-state index is -0.884. The van der Waals surface area contributed by atoms with Crippen LogP contribution in [0.2, 0.25) is 0 Å². The first-order valence-corrected chi connectivity index (χ1v) is 2.94. The molecule has 0 amide bonds. The zero-order valence-electron chi connectivity index (χ0n) is 5.92. The summed E-state index contributed by atoms with van der Waals surface area (Å²) in [6, 6.07) is 0.